The summed E-state index contributed by atoms with van der Waals surface area (Å²) in [4.78, 5) is 17.1. The van der Waals surface area contributed by atoms with Gasteiger partial charge in [0.25, 0.3) is 0 Å². The van der Waals surface area contributed by atoms with Crippen LogP contribution in [0.1, 0.15) is 5.56 Å². The van der Waals surface area contributed by atoms with Gasteiger partial charge in [-0.05, 0) is 23.8 Å². The number of anilines is 1. The maximum Gasteiger partial charge on any atom is 0.228 e. The number of nitrogens with zero attached hydrogens (tertiary/aromatic N) is 2. The van der Waals surface area contributed by atoms with Crippen LogP contribution in [0, 0.1) is 0 Å². The minimum Gasteiger partial charge on any atom is -0.325 e. The van der Waals surface area contributed by atoms with Crippen LogP contribution in [0.2, 0.25) is 5.02 Å². The van der Waals surface area contributed by atoms with Gasteiger partial charge >= 0.3 is 0 Å². The highest BCUT2D eigenvalue weighted by Crippen LogP contribution is 2.32. The molecule has 2 heterocycles. The third-order valence-electron chi connectivity index (χ3n) is 4.06. The number of para-hydroxylation sites is 1. The number of hydrogen-bond donors (Lipinski definition) is 1. The second kappa shape index (κ2) is 6.94. The minimum absolute atomic E-state index is 0.0594. The highest BCUT2D eigenvalue weighted by atomic mass is 35.5. The third-order valence-corrected chi connectivity index (χ3v) is 5.28. The summed E-state index contributed by atoms with van der Waals surface area (Å²) in [6, 6.07) is 15.1. The van der Waals surface area contributed by atoms with E-state index in [4.69, 9.17) is 11.6 Å². The van der Waals surface area contributed by atoms with Crippen LogP contribution < -0.4 is 5.32 Å². The van der Waals surface area contributed by atoms with E-state index in [0.717, 1.165) is 40.0 Å². The summed E-state index contributed by atoms with van der Waals surface area (Å²) in [5.74, 6) is 1.01. The number of halogens is 1. The van der Waals surface area contributed by atoms with Crippen LogP contribution in [-0.4, -0.2) is 21.2 Å². The zero-order valence-corrected chi connectivity index (χ0v) is 15.0. The molecule has 0 bridgehead atoms. The van der Waals surface area contributed by atoms with Crippen molar-refractivity contribution in [3.8, 4) is 11.3 Å². The van der Waals surface area contributed by atoms with Gasteiger partial charge in [-0.25, -0.2) is 4.98 Å². The molecule has 1 N–H and O–H groups in total. The van der Waals surface area contributed by atoms with Crippen molar-refractivity contribution in [2.45, 2.75) is 18.1 Å². The van der Waals surface area contributed by atoms with E-state index >= 15 is 0 Å². The molecule has 6 heteroatoms. The molecule has 126 valence electrons. The molecule has 0 saturated carbocycles. The van der Waals surface area contributed by atoms with E-state index in [-0.39, 0.29) is 5.91 Å². The smallest absolute Gasteiger partial charge is 0.228 e. The van der Waals surface area contributed by atoms with E-state index in [0.29, 0.717) is 11.4 Å². The van der Waals surface area contributed by atoms with Crippen molar-refractivity contribution in [3.63, 3.8) is 0 Å². The second-order valence-electron chi connectivity index (χ2n) is 5.85. The lowest BCUT2D eigenvalue weighted by Crippen LogP contribution is -2.15. The number of aromatic nitrogens is 2. The molecule has 1 aliphatic heterocycles. The summed E-state index contributed by atoms with van der Waals surface area (Å²) < 4.78 is 2.16. The third kappa shape index (κ3) is 3.57. The highest BCUT2D eigenvalue weighted by Gasteiger charge is 2.17. The summed E-state index contributed by atoms with van der Waals surface area (Å²) in [5, 5.41) is 4.71. The zero-order valence-electron chi connectivity index (χ0n) is 13.4. The van der Waals surface area contributed by atoms with Crippen molar-refractivity contribution in [1.29, 1.82) is 0 Å². The van der Waals surface area contributed by atoms with E-state index in [1.165, 1.54) is 0 Å². The van der Waals surface area contributed by atoms with Crippen LogP contribution in [0.5, 0.6) is 0 Å². The number of nitrogens with one attached hydrogen (secondary N) is 1. The van der Waals surface area contributed by atoms with E-state index in [2.05, 4.69) is 21.1 Å². The van der Waals surface area contributed by atoms with Gasteiger partial charge in [-0.3, -0.25) is 4.79 Å². The molecule has 0 unspecified atom stereocenters. The van der Waals surface area contributed by atoms with E-state index in [9.17, 15) is 4.79 Å². The molecular weight excluding hydrogens is 354 g/mol. The Labute approximate surface area is 155 Å². The number of hydrogen-bond acceptors (Lipinski definition) is 3. The Kier molecular flexibility index (Phi) is 4.51. The van der Waals surface area contributed by atoms with Gasteiger partial charge in [0.1, 0.15) is 0 Å². The fraction of sp³-hybridized carbons (Fsp3) is 0.158. The van der Waals surface area contributed by atoms with Crippen molar-refractivity contribution in [2.75, 3.05) is 11.1 Å². The average molecular weight is 370 g/mol. The predicted molar refractivity (Wildman–Crippen MR) is 102 cm³/mol. The molecule has 2 aromatic carbocycles. The fourth-order valence-corrected chi connectivity index (χ4v) is 3.91. The molecule has 1 aromatic heterocycles. The number of benzene rings is 2. The molecule has 0 aliphatic carbocycles. The van der Waals surface area contributed by atoms with Crippen molar-refractivity contribution < 1.29 is 4.79 Å². The highest BCUT2D eigenvalue weighted by molar-refractivity contribution is 7.99. The number of aryl methyl sites for hydroxylation is 1. The number of rotatable bonds is 4. The minimum atomic E-state index is -0.0594. The summed E-state index contributed by atoms with van der Waals surface area (Å²) in [5.41, 5.74) is 3.54. The van der Waals surface area contributed by atoms with Crippen molar-refractivity contribution in [2.24, 2.45) is 0 Å². The van der Waals surface area contributed by atoms with Gasteiger partial charge in [-0.15, -0.1) is 0 Å². The molecule has 0 fully saturated rings. The standard InChI is InChI=1S/C19H16ClN3OS/c20-14-7-5-13(6-8-14)11-18(24)21-16-4-2-1-3-15(16)17-12-23-9-10-25-19(23)22-17/h1-8,12H,9-11H2,(H,21,24). The van der Waals surface area contributed by atoms with E-state index < -0.39 is 0 Å². The Hall–Kier alpha value is -2.24. The van der Waals surface area contributed by atoms with Crippen molar-refractivity contribution >= 4 is 35.0 Å². The molecule has 0 radical (unpaired) electrons. The Morgan fingerprint density at radius 3 is 2.80 bits per heavy atom. The Bertz CT molecular complexity index is 899. The molecule has 0 saturated heterocycles. The molecule has 4 nitrogen and oxygen atoms in total. The number of amides is 1. The predicted octanol–water partition coefficient (Wildman–Crippen LogP) is 4.49. The summed E-state index contributed by atoms with van der Waals surface area (Å²) in [6.07, 6.45) is 2.36. The van der Waals surface area contributed by atoms with Gasteiger partial charge in [0.2, 0.25) is 5.91 Å². The molecule has 0 atom stereocenters. The maximum absolute atomic E-state index is 12.4. The van der Waals surface area contributed by atoms with Gasteiger partial charge < -0.3 is 9.88 Å². The van der Waals surface area contributed by atoms with Crippen LogP contribution in [-0.2, 0) is 17.8 Å². The molecule has 4 rings (SSSR count). The lowest BCUT2D eigenvalue weighted by molar-refractivity contribution is -0.115. The molecular formula is C19H16ClN3OS. The number of imidazole rings is 1. The first-order valence-electron chi connectivity index (χ1n) is 8.03. The van der Waals surface area contributed by atoms with Gasteiger partial charge in [-0.1, -0.05) is 53.7 Å². The Morgan fingerprint density at radius 1 is 1.20 bits per heavy atom. The largest absolute Gasteiger partial charge is 0.325 e. The number of fused-ring (bicyclic) bond motifs is 1. The average Bonchev–Trinajstić information content (AvgIpc) is 3.19. The van der Waals surface area contributed by atoms with Gasteiger partial charge in [-0.2, -0.15) is 0 Å². The summed E-state index contributed by atoms with van der Waals surface area (Å²) in [7, 11) is 0. The molecule has 1 amide bonds. The van der Waals surface area contributed by atoms with E-state index in [1.807, 2.05) is 36.4 Å². The monoisotopic (exact) mass is 369 g/mol. The normalized spacial score (nSPS) is 12.8. The SMILES string of the molecule is O=C(Cc1ccc(Cl)cc1)Nc1ccccc1-c1cn2c(n1)SCC2. The number of carbonyl (C=O) groups excluding carboxylic acids is 1. The Balaban J connectivity index is 1.54. The first-order chi connectivity index (χ1) is 12.2. The number of thioether (sulfide) groups is 1. The number of carbonyl (C=O) groups is 1. The Morgan fingerprint density at radius 2 is 2.00 bits per heavy atom. The van der Waals surface area contributed by atoms with Gasteiger partial charge in [0, 0.05) is 29.1 Å². The van der Waals surface area contributed by atoms with Gasteiger partial charge in [0.05, 0.1) is 17.8 Å². The van der Waals surface area contributed by atoms with Crippen LogP contribution in [0.25, 0.3) is 11.3 Å². The fourth-order valence-electron chi connectivity index (χ4n) is 2.84. The van der Waals surface area contributed by atoms with Crippen molar-refractivity contribution in [3.05, 3.63) is 65.3 Å². The van der Waals surface area contributed by atoms with Crippen LogP contribution in [0.15, 0.2) is 59.9 Å². The lowest BCUT2D eigenvalue weighted by atomic mass is 10.1. The quantitative estimate of drug-likeness (QED) is 0.737. The zero-order chi connectivity index (χ0) is 17.2. The topological polar surface area (TPSA) is 46.9 Å². The van der Waals surface area contributed by atoms with Crippen molar-refractivity contribution in [1.82, 2.24) is 9.55 Å². The lowest BCUT2D eigenvalue weighted by Gasteiger charge is -2.10. The first kappa shape index (κ1) is 16.2. The molecule has 25 heavy (non-hydrogen) atoms. The molecule has 1 aliphatic rings. The second-order valence-corrected chi connectivity index (χ2v) is 7.35. The van der Waals surface area contributed by atoms with Crippen LogP contribution in [0.4, 0.5) is 5.69 Å². The molecule has 3 aromatic rings. The van der Waals surface area contributed by atoms with Crippen LogP contribution >= 0.6 is 23.4 Å². The van der Waals surface area contributed by atoms with E-state index in [1.54, 1.807) is 23.9 Å². The first-order valence-corrected chi connectivity index (χ1v) is 9.39. The summed E-state index contributed by atoms with van der Waals surface area (Å²) >= 11 is 7.65. The van der Waals surface area contributed by atoms with Crippen LogP contribution in [0.3, 0.4) is 0 Å². The van der Waals surface area contributed by atoms with Gasteiger partial charge in [0.15, 0.2) is 5.16 Å². The summed E-state index contributed by atoms with van der Waals surface area (Å²) in [6.45, 7) is 0.984. The maximum atomic E-state index is 12.4. The molecule has 0 spiro atoms.